The van der Waals surface area contributed by atoms with Crippen LogP contribution in [0.25, 0.3) is 6.08 Å². The average molecular weight is 272 g/mol. The standard InChI is InChI=1S/C16H16O4/c1-12-11-15(13(2)19-12)20-16(17)18-10-6-9-14-7-4-3-5-8-14/h3-9,11H,10H2,1-2H3/b9-6+. The van der Waals surface area contributed by atoms with Crippen LogP contribution in [0.4, 0.5) is 4.79 Å². The molecule has 0 aliphatic rings. The van der Waals surface area contributed by atoms with Gasteiger partial charge in [0.1, 0.15) is 18.1 Å². The lowest BCUT2D eigenvalue weighted by atomic mass is 10.2. The molecule has 0 saturated carbocycles. The third kappa shape index (κ3) is 4.02. The van der Waals surface area contributed by atoms with Crippen molar-refractivity contribution >= 4 is 12.2 Å². The van der Waals surface area contributed by atoms with Gasteiger partial charge in [-0.05, 0) is 25.5 Å². The average Bonchev–Trinajstić information content (AvgIpc) is 2.74. The summed E-state index contributed by atoms with van der Waals surface area (Å²) in [4.78, 5) is 11.5. The van der Waals surface area contributed by atoms with Gasteiger partial charge >= 0.3 is 6.16 Å². The predicted octanol–water partition coefficient (Wildman–Crippen LogP) is 4.13. The lowest BCUT2D eigenvalue weighted by Crippen LogP contribution is -2.10. The topological polar surface area (TPSA) is 48.7 Å². The van der Waals surface area contributed by atoms with E-state index in [4.69, 9.17) is 13.9 Å². The summed E-state index contributed by atoms with van der Waals surface area (Å²) >= 11 is 0. The van der Waals surface area contributed by atoms with Crippen LogP contribution in [0.3, 0.4) is 0 Å². The zero-order valence-electron chi connectivity index (χ0n) is 11.5. The van der Waals surface area contributed by atoms with Crippen molar-refractivity contribution in [2.24, 2.45) is 0 Å². The number of aryl methyl sites for hydroxylation is 2. The summed E-state index contributed by atoms with van der Waals surface area (Å²) in [5.41, 5.74) is 1.05. The molecule has 0 radical (unpaired) electrons. The molecule has 0 spiro atoms. The highest BCUT2D eigenvalue weighted by Crippen LogP contribution is 2.22. The maximum atomic E-state index is 11.5. The van der Waals surface area contributed by atoms with Crippen molar-refractivity contribution < 1.29 is 18.7 Å². The summed E-state index contributed by atoms with van der Waals surface area (Å²) in [6.45, 7) is 3.67. The van der Waals surface area contributed by atoms with Crippen molar-refractivity contribution in [3.05, 3.63) is 59.6 Å². The summed E-state index contributed by atoms with van der Waals surface area (Å²) in [6.07, 6.45) is 2.89. The van der Waals surface area contributed by atoms with Crippen molar-refractivity contribution in [2.45, 2.75) is 13.8 Å². The summed E-state index contributed by atoms with van der Waals surface area (Å²) < 4.78 is 15.2. The Hall–Kier alpha value is -2.49. The fraction of sp³-hybridized carbons (Fsp3) is 0.188. The van der Waals surface area contributed by atoms with E-state index in [1.165, 1.54) is 0 Å². The quantitative estimate of drug-likeness (QED) is 0.785. The summed E-state index contributed by atoms with van der Waals surface area (Å²) in [6, 6.07) is 11.4. The Bertz CT molecular complexity index is 596. The van der Waals surface area contributed by atoms with Crippen molar-refractivity contribution in [1.82, 2.24) is 0 Å². The Labute approximate surface area is 117 Å². The second kappa shape index (κ2) is 6.61. The van der Waals surface area contributed by atoms with Gasteiger partial charge in [-0.2, -0.15) is 0 Å². The van der Waals surface area contributed by atoms with Gasteiger partial charge in [0.05, 0.1) is 0 Å². The van der Waals surface area contributed by atoms with Crippen LogP contribution in [0, 0.1) is 13.8 Å². The Morgan fingerprint density at radius 1 is 1.25 bits per heavy atom. The van der Waals surface area contributed by atoms with E-state index in [1.54, 1.807) is 26.0 Å². The van der Waals surface area contributed by atoms with Crippen molar-refractivity contribution in [2.75, 3.05) is 6.61 Å². The van der Waals surface area contributed by atoms with E-state index in [1.807, 2.05) is 36.4 Å². The highest BCUT2D eigenvalue weighted by Gasteiger charge is 2.11. The zero-order chi connectivity index (χ0) is 14.4. The first kappa shape index (κ1) is 13.9. The van der Waals surface area contributed by atoms with Crippen LogP contribution < -0.4 is 4.74 Å². The van der Waals surface area contributed by atoms with Crippen molar-refractivity contribution in [3.8, 4) is 5.75 Å². The fourth-order valence-electron chi connectivity index (χ4n) is 1.69. The smallest absolute Gasteiger partial charge is 0.463 e. The largest absolute Gasteiger partial charge is 0.514 e. The number of hydrogen-bond donors (Lipinski definition) is 0. The Morgan fingerprint density at radius 2 is 2.00 bits per heavy atom. The van der Waals surface area contributed by atoms with Gasteiger partial charge in [0, 0.05) is 6.07 Å². The molecule has 0 N–H and O–H groups in total. The molecular formula is C16H16O4. The van der Waals surface area contributed by atoms with E-state index in [0.29, 0.717) is 17.3 Å². The minimum Gasteiger partial charge on any atom is -0.463 e. The molecule has 20 heavy (non-hydrogen) atoms. The van der Waals surface area contributed by atoms with Gasteiger partial charge in [-0.1, -0.05) is 36.4 Å². The van der Waals surface area contributed by atoms with E-state index in [-0.39, 0.29) is 6.61 Å². The van der Waals surface area contributed by atoms with Gasteiger partial charge < -0.3 is 13.9 Å². The normalized spacial score (nSPS) is 10.7. The van der Waals surface area contributed by atoms with Gasteiger partial charge in [-0.25, -0.2) is 4.79 Å². The van der Waals surface area contributed by atoms with Crippen LogP contribution in [-0.2, 0) is 4.74 Å². The first-order valence-corrected chi connectivity index (χ1v) is 6.28. The molecule has 0 aliphatic heterocycles. The molecule has 1 heterocycles. The maximum absolute atomic E-state index is 11.5. The fourth-order valence-corrected chi connectivity index (χ4v) is 1.69. The molecule has 4 nitrogen and oxygen atoms in total. The molecule has 1 aromatic heterocycles. The molecule has 0 saturated heterocycles. The first-order valence-electron chi connectivity index (χ1n) is 6.28. The third-order valence-electron chi connectivity index (χ3n) is 2.60. The van der Waals surface area contributed by atoms with Gasteiger partial charge in [0.2, 0.25) is 0 Å². The molecule has 2 aromatic rings. The number of carbonyl (C=O) groups is 1. The molecule has 0 unspecified atom stereocenters. The molecule has 4 heteroatoms. The first-order chi connectivity index (χ1) is 9.65. The van der Waals surface area contributed by atoms with E-state index < -0.39 is 6.16 Å². The summed E-state index contributed by atoms with van der Waals surface area (Å²) in [7, 11) is 0. The lowest BCUT2D eigenvalue weighted by Gasteiger charge is -2.02. The molecule has 104 valence electrons. The molecule has 0 fully saturated rings. The van der Waals surface area contributed by atoms with Gasteiger partial charge in [0.15, 0.2) is 5.75 Å². The Balaban J connectivity index is 1.78. The Morgan fingerprint density at radius 3 is 2.65 bits per heavy atom. The number of hydrogen-bond acceptors (Lipinski definition) is 4. The molecule has 0 atom stereocenters. The minimum atomic E-state index is -0.744. The van der Waals surface area contributed by atoms with Crippen LogP contribution in [0.5, 0.6) is 5.75 Å². The maximum Gasteiger partial charge on any atom is 0.514 e. The number of furan rings is 1. The van der Waals surface area contributed by atoms with Crippen molar-refractivity contribution in [3.63, 3.8) is 0 Å². The predicted molar refractivity (Wildman–Crippen MR) is 75.6 cm³/mol. The molecular weight excluding hydrogens is 256 g/mol. The highest BCUT2D eigenvalue weighted by molar-refractivity contribution is 5.64. The number of carbonyl (C=O) groups excluding carboxylic acids is 1. The number of ether oxygens (including phenoxy) is 2. The van der Waals surface area contributed by atoms with Gasteiger partial charge in [0.25, 0.3) is 0 Å². The van der Waals surface area contributed by atoms with Crippen LogP contribution in [0.15, 0.2) is 46.9 Å². The zero-order valence-corrected chi connectivity index (χ0v) is 11.5. The van der Waals surface area contributed by atoms with E-state index in [2.05, 4.69) is 0 Å². The van der Waals surface area contributed by atoms with E-state index in [9.17, 15) is 4.79 Å². The Kier molecular flexibility index (Phi) is 4.60. The SMILES string of the molecule is Cc1cc(OC(=O)OC/C=C/c2ccccc2)c(C)o1. The second-order valence-electron chi connectivity index (χ2n) is 4.25. The number of benzene rings is 1. The van der Waals surface area contributed by atoms with Crippen LogP contribution in [0.2, 0.25) is 0 Å². The highest BCUT2D eigenvalue weighted by atomic mass is 16.7. The molecule has 0 aliphatic carbocycles. The number of rotatable bonds is 4. The van der Waals surface area contributed by atoms with Crippen LogP contribution in [0.1, 0.15) is 17.1 Å². The van der Waals surface area contributed by atoms with Crippen LogP contribution in [-0.4, -0.2) is 12.8 Å². The monoisotopic (exact) mass is 272 g/mol. The summed E-state index contributed by atoms with van der Waals surface area (Å²) in [5.74, 6) is 1.63. The third-order valence-corrected chi connectivity index (χ3v) is 2.60. The molecule has 1 aromatic carbocycles. The van der Waals surface area contributed by atoms with Gasteiger partial charge in [-0.15, -0.1) is 0 Å². The minimum absolute atomic E-state index is 0.156. The second-order valence-corrected chi connectivity index (χ2v) is 4.25. The summed E-state index contributed by atoms with van der Waals surface area (Å²) in [5, 5.41) is 0. The van der Waals surface area contributed by atoms with E-state index in [0.717, 1.165) is 5.56 Å². The van der Waals surface area contributed by atoms with Crippen LogP contribution >= 0.6 is 0 Å². The lowest BCUT2D eigenvalue weighted by molar-refractivity contribution is 0.109. The molecule has 0 bridgehead atoms. The van der Waals surface area contributed by atoms with Gasteiger partial charge in [-0.3, -0.25) is 0 Å². The van der Waals surface area contributed by atoms with Crippen molar-refractivity contribution in [1.29, 1.82) is 0 Å². The molecule has 0 amide bonds. The molecule has 2 rings (SSSR count). The van der Waals surface area contributed by atoms with E-state index >= 15 is 0 Å².